The number of fused-ring (bicyclic) bond motifs is 1. The second kappa shape index (κ2) is 10.1. The van der Waals surface area contributed by atoms with Crippen molar-refractivity contribution in [2.75, 3.05) is 15.5 Å². The average Bonchev–Trinajstić information content (AvgIpc) is 2.80. The minimum absolute atomic E-state index is 0.307. The number of hydrogen-bond donors (Lipinski definition) is 2. The van der Waals surface area contributed by atoms with Gasteiger partial charge in [0.25, 0.3) is 5.91 Å². The van der Waals surface area contributed by atoms with Gasteiger partial charge in [0.05, 0.1) is 17.8 Å². The Morgan fingerprint density at radius 1 is 1.06 bits per heavy atom. The van der Waals surface area contributed by atoms with E-state index in [1.165, 1.54) is 41.3 Å². The van der Waals surface area contributed by atoms with Crippen LogP contribution < -0.4 is 15.5 Å². The fourth-order valence-electron chi connectivity index (χ4n) is 3.55. The number of carbonyl (C=O) groups excluding carboxylic acids is 3. The van der Waals surface area contributed by atoms with Crippen molar-refractivity contribution in [3.8, 4) is 0 Å². The maximum Gasteiger partial charge on any atom is 0.251 e. The van der Waals surface area contributed by atoms with E-state index in [9.17, 15) is 18.8 Å². The van der Waals surface area contributed by atoms with E-state index < -0.39 is 29.6 Å². The third kappa shape index (κ3) is 5.27. The van der Waals surface area contributed by atoms with E-state index in [0.29, 0.717) is 32.7 Å². The zero-order chi connectivity index (χ0) is 24.2. The summed E-state index contributed by atoms with van der Waals surface area (Å²) in [5, 5.41) is 6.18. The average molecular weight is 498 g/mol. The van der Waals surface area contributed by atoms with Crippen molar-refractivity contribution in [3.63, 3.8) is 0 Å². The normalized spacial score (nSPS) is 15.1. The van der Waals surface area contributed by atoms with Crippen LogP contribution in [-0.2, 0) is 14.4 Å². The van der Waals surface area contributed by atoms with Crippen LogP contribution in [0, 0.1) is 5.82 Å². The van der Waals surface area contributed by atoms with Crippen molar-refractivity contribution in [3.05, 3.63) is 94.2 Å². The number of nitrogens with zero attached hydrogens (tertiary/aromatic N) is 1. The molecule has 0 bridgehead atoms. The summed E-state index contributed by atoms with van der Waals surface area (Å²) in [7, 11) is 0. The summed E-state index contributed by atoms with van der Waals surface area (Å²) in [4.78, 5) is 40.1. The number of nitrogens with one attached hydrogen (secondary N) is 2. The molecule has 0 saturated carbocycles. The summed E-state index contributed by atoms with van der Waals surface area (Å²) in [6.45, 7) is 0. The Morgan fingerprint density at radius 2 is 1.79 bits per heavy atom. The first-order valence-corrected chi connectivity index (χ1v) is 11.0. The number of benzene rings is 3. The van der Waals surface area contributed by atoms with E-state index in [1.807, 2.05) is 0 Å². The molecule has 0 fully saturated rings. The molecule has 1 aliphatic rings. The van der Waals surface area contributed by atoms with Crippen LogP contribution in [-0.4, -0.2) is 23.8 Å². The Balaban J connectivity index is 1.60. The van der Waals surface area contributed by atoms with Gasteiger partial charge in [0.1, 0.15) is 11.9 Å². The van der Waals surface area contributed by atoms with Crippen LogP contribution in [0.25, 0.3) is 6.08 Å². The molecule has 0 spiro atoms. The van der Waals surface area contributed by atoms with Crippen LogP contribution >= 0.6 is 23.2 Å². The van der Waals surface area contributed by atoms with Gasteiger partial charge in [0, 0.05) is 21.8 Å². The summed E-state index contributed by atoms with van der Waals surface area (Å²) in [6.07, 6.45) is 2.50. The maximum absolute atomic E-state index is 13.3. The molecule has 4 rings (SSSR count). The van der Waals surface area contributed by atoms with Gasteiger partial charge in [0.15, 0.2) is 0 Å². The molecule has 172 valence electrons. The number of hydrogen-bond acceptors (Lipinski definition) is 3. The Morgan fingerprint density at radius 3 is 2.53 bits per heavy atom. The molecule has 0 saturated heterocycles. The minimum atomic E-state index is -1.10. The first-order chi connectivity index (χ1) is 16.3. The summed E-state index contributed by atoms with van der Waals surface area (Å²) >= 11 is 12.1. The van der Waals surface area contributed by atoms with Gasteiger partial charge in [0.2, 0.25) is 11.8 Å². The van der Waals surface area contributed by atoms with Crippen LogP contribution in [0.4, 0.5) is 21.5 Å². The smallest absolute Gasteiger partial charge is 0.251 e. The Bertz CT molecular complexity index is 1290. The first-order valence-electron chi connectivity index (χ1n) is 10.2. The quantitative estimate of drug-likeness (QED) is 0.455. The SMILES string of the molecule is O=C(C[C@H]1C(=O)Nc2ccccc2N1C(=O)/C=C/c1ccc(Cl)cc1Cl)Nc1ccc(F)cc1. The molecule has 3 amide bonds. The molecule has 0 aliphatic carbocycles. The first kappa shape index (κ1) is 23.5. The molecule has 6 nitrogen and oxygen atoms in total. The van der Waals surface area contributed by atoms with Gasteiger partial charge in [-0.1, -0.05) is 41.4 Å². The maximum atomic E-state index is 13.3. The molecule has 2 N–H and O–H groups in total. The van der Waals surface area contributed by atoms with Crippen molar-refractivity contribution in [1.82, 2.24) is 0 Å². The third-order valence-electron chi connectivity index (χ3n) is 5.15. The highest BCUT2D eigenvalue weighted by molar-refractivity contribution is 6.35. The van der Waals surface area contributed by atoms with E-state index in [0.717, 1.165) is 0 Å². The standard InChI is InChI=1S/C25H18Cl2FN3O3/c26-16-7-5-15(19(27)13-16)6-12-24(33)31-21-4-2-1-3-20(21)30-25(34)22(31)14-23(32)29-18-10-8-17(28)9-11-18/h1-13,22H,14H2,(H,29,32)(H,30,34)/b12-6+/t22-/m0/s1. The highest BCUT2D eigenvalue weighted by atomic mass is 35.5. The molecule has 3 aromatic carbocycles. The van der Waals surface area contributed by atoms with E-state index in [1.54, 1.807) is 42.5 Å². The topological polar surface area (TPSA) is 78.5 Å². The lowest BCUT2D eigenvalue weighted by Gasteiger charge is -2.35. The van der Waals surface area contributed by atoms with Crippen LogP contribution in [0.15, 0.2) is 72.8 Å². The van der Waals surface area contributed by atoms with Crippen molar-refractivity contribution in [2.45, 2.75) is 12.5 Å². The van der Waals surface area contributed by atoms with Crippen LogP contribution in [0.5, 0.6) is 0 Å². The van der Waals surface area contributed by atoms with Crippen molar-refractivity contribution in [1.29, 1.82) is 0 Å². The molecular formula is C25H18Cl2FN3O3. The molecule has 3 aromatic rings. The predicted octanol–water partition coefficient (Wildman–Crippen LogP) is 5.53. The largest absolute Gasteiger partial charge is 0.326 e. The lowest BCUT2D eigenvalue weighted by molar-refractivity contribution is -0.124. The van der Waals surface area contributed by atoms with Crippen molar-refractivity contribution < 1.29 is 18.8 Å². The van der Waals surface area contributed by atoms with Crippen LogP contribution in [0.3, 0.4) is 0 Å². The van der Waals surface area contributed by atoms with Crippen molar-refractivity contribution in [2.24, 2.45) is 0 Å². The summed E-state index contributed by atoms with van der Waals surface area (Å²) in [5.41, 5.74) is 1.85. The zero-order valence-electron chi connectivity index (χ0n) is 17.6. The molecule has 1 atom stereocenters. The second-order valence-electron chi connectivity index (χ2n) is 7.49. The molecule has 1 aliphatic heterocycles. The number of para-hydroxylation sites is 2. The molecule has 9 heteroatoms. The van der Waals surface area contributed by atoms with E-state index in [4.69, 9.17) is 23.2 Å². The Labute approximate surface area is 205 Å². The lowest BCUT2D eigenvalue weighted by atomic mass is 10.0. The molecule has 1 heterocycles. The van der Waals surface area contributed by atoms with Gasteiger partial charge in [-0.05, 0) is 60.2 Å². The minimum Gasteiger partial charge on any atom is -0.326 e. The summed E-state index contributed by atoms with van der Waals surface area (Å²) in [5.74, 6) is -1.95. The third-order valence-corrected chi connectivity index (χ3v) is 5.71. The van der Waals surface area contributed by atoms with Gasteiger partial charge in [-0.25, -0.2) is 4.39 Å². The van der Waals surface area contributed by atoms with E-state index in [2.05, 4.69) is 10.6 Å². The highest BCUT2D eigenvalue weighted by Gasteiger charge is 2.37. The van der Waals surface area contributed by atoms with E-state index in [-0.39, 0.29) is 6.42 Å². The molecule has 34 heavy (non-hydrogen) atoms. The van der Waals surface area contributed by atoms with Gasteiger partial charge in [-0.2, -0.15) is 0 Å². The lowest BCUT2D eigenvalue weighted by Crippen LogP contribution is -2.52. The fourth-order valence-corrected chi connectivity index (χ4v) is 4.02. The zero-order valence-corrected chi connectivity index (χ0v) is 19.1. The Hall–Kier alpha value is -3.68. The number of halogens is 3. The molecule has 0 aromatic heterocycles. The van der Waals surface area contributed by atoms with Crippen molar-refractivity contribution >= 4 is 64.1 Å². The number of anilines is 3. The molecular weight excluding hydrogens is 480 g/mol. The van der Waals surface area contributed by atoms with E-state index >= 15 is 0 Å². The van der Waals surface area contributed by atoms with Gasteiger partial charge in [-0.3, -0.25) is 19.3 Å². The summed E-state index contributed by atoms with van der Waals surface area (Å²) < 4.78 is 13.1. The molecule has 0 radical (unpaired) electrons. The Kier molecular flexibility index (Phi) is 6.95. The fraction of sp³-hybridized carbons (Fsp3) is 0.0800. The van der Waals surface area contributed by atoms with Gasteiger partial charge in [-0.15, -0.1) is 0 Å². The number of amides is 3. The van der Waals surface area contributed by atoms with Gasteiger partial charge >= 0.3 is 0 Å². The number of carbonyl (C=O) groups is 3. The van der Waals surface area contributed by atoms with Crippen LogP contribution in [0.2, 0.25) is 10.0 Å². The predicted molar refractivity (Wildman–Crippen MR) is 131 cm³/mol. The molecule has 0 unspecified atom stereocenters. The number of rotatable bonds is 5. The van der Waals surface area contributed by atoms with Gasteiger partial charge < -0.3 is 10.6 Å². The van der Waals surface area contributed by atoms with Crippen LogP contribution in [0.1, 0.15) is 12.0 Å². The monoisotopic (exact) mass is 497 g/mol. The summed E-state index contributed by atoms with van der Waals surface area (Å²) in [6, 6.07) is 15.8. The highest BCUT2D eigenvalue weighted by Crippen LogP contribution is 2.33. The second-order valence-corrected chi connectivity index (χ2v) is 8.33.